The summed E-state index contributed by atoms with van der Waals surface area (Å²) in [6.45, 7) is 2.02. The van der Waals surface area contributed by atoms with Gasteiger partial charge in [0.05, 0.1) is 11.3 Å². The number of ether oxygens (including phenoxy) is 1. The highest BCUT2D eigenvalue weighted by Gasteiger charge is 2.28. The van der Waals surface area contributed by atoms with Crippen LogP contribution in [0.3, 0.4) is 0 Å². The highest BCUT2D eigenvalue weighted by Crippen LogP contribution is 2.21. The number of nitrogens with one attached hydrogen (secondary N) is 2. The van der Waals surface area contributed by atoms with E-state index in [4.69, 9.17) is 4.74 Å². The minimum absolute atomic E-state index is 0.0677. The topological polar surface area (TPSA) is 67.4 Å². The molecule has 0 fully saturated rings. The fourth-order valence-electron chi connectivity index (χ4n) is 2.28. The van der Waals surface area contributed by atoms with E-state index in [1.165, 1.54) is 18.2 Å². The third-order valence-corrected chi connectivity index (χ3v) is 3.81. The highest BCUT2D eigenvalue weighted by molar-refractivity contribution is 6.04. The van der Waals surface area contributed by atoms with Crippen LogP contribution in [-0.2, 0) is 4.79 Å². The van der Waals surface area contributed by atoms with E-state index in [2.05, 4.69) is 5.32 Å². The molecule has 2 aromatic carbocycles. The van der Waals surface area contributed by atoms with Gasteiger partial charge in [-0.25, -0.2) is 0 Å². The Morgan fingerprint density at radius 3 is 2.44 bits per heavy atom. The van der Waals surface area contributed by atoms with E-state index >= 15 is 0 Å². The Bertz CT molecular complexity index is 835. The maximum absolute atomic E-state index is 12.3. The number of carbonyl (C=O) groups is 2. The van der Waals surface area contributed by atoms with Crippen molar-refractivity contribution >= 4 is 17.5 Å². The number of anilines is 1. The van der Waals surface area contributed by atoms with Crippen molar-refractivity contribution in [2.75, 3.05) is 18.5 Å². The molecule has 2 N–H and O–H groups in total. The number of halogens is 3. The number of alkyl halides is 3. The van der Waals surface area contributed by atoms with Gasteiger partial charge in [0.15, 0.2) is 6.61 Å². The average molecular weight is 380 g/mol. The fourth-order valence-corrected chi connectivity index (χ4v) is 2.28. The summed E-state index contributed by atoms with van der Waals surface area (Å²) in [4.78, 5) is 24.1. The summed E-state index contributed by atoms with van der Waals surface area (Å²) >= 11 is 0. The van der Waals surface area contributed by atoms with E-state index in [-0.39, 0.29) is 17.9 Å². The Morgan fingerprint density at radius 2 is 1.74 bits per heavy atom. The molecule has 0 unspecified atom stereocenters. The predicted molar refractivity (Wildman–Crippen MR) is 94.9 cm³/mol. The smallest absolute Gasteiger partial charge is 0.405 e. The van der Waals surface area contributed by atoms with Crippen LogP contribution in [0.15, 0.2) is 42.5 Å². The normalized spacial score (nSPS) is 11.0. The van der Waals surface area contributed by atoms with E-state index in [0.29, 0.717) is 5.75 Å². The molecule has 2 amide bonds. The molecule has 5 nitrogen and oxygen atoms in total. The van der Waals surface area contributed by atoms with Crippen LogP contribution in [0.2, 0.25) is 0 Å². The Balaban J connectivity index is 2.01. The number of benzene rings is 2. The van der Waals surface area contributed by atoms with Gasteiger partial charge in [-0.3, -0.25) is 9.59 Å². The van der Waals surface area contributed by atoms with E-state index in [1.807, 2.05) is 19.9 Å². The SMILES string of the molecule is Cc1cccc(OCC(=O)Nc2ccccc2C(=O)NCC(F)(F)F)c1C. The zero-order valence-corrected chi connectivity index (χ0v) is 14.8. The van der Waals surface area contributed by atoms with Crippen LogP contribution in [0.4, 0.5) is 18.9 Å². The number of amides is 2. The summed E-state index contributed by atoms with van der Waals surface area (Å²) in [7, 11) is 0. The summed E-state index contributed by atoms with van der Waals surface area (Å²) < 4.78 is 42.3. The summed E-state index contributed by atoms with van der Waals surface area (Å²) in [6.07, 6.45) is -4.52. The lowest BCUT2D eigenvalue weighted by Gasteiger charge is -2.14. The van der Waals surface area contributed by atoms with Gasteiger partial charge in [-0.1, -0.05) is 24.3 Å². The van der Waals surface area contributed by atoms with Crippen LogP contribution in [0, 0.1) is 13.8 Å². The standard InChI is InChI=1S/C19H19F3N2O3/c1-12-6-5-9-16(13(12)2)27-10-17(25)24-15-8-4-3-7-14(15)18(26)23-11-19(20,21)22/h3-9H,10-11H2,1-2H3,(H,23,26)(H,24,25). The second kappa shape index (κ2) is 8.57. The Hall–Kier alpha value is -3.03. The van der Waals surface area contributed by atoms with Gasteiger partial charge >= 0.3 is 6.18 Å². The minimum Gasteiger partial charge on any atom is -0.483 e. The van der Waals surface area contributed by atoms with Gasteiger partial charge < -0.3 is 15.4 Å². The Labute approximate surface area is 154 Å². The molecule has 0 atom stereocenters. The third kappa shape index (κ3) is 6.02. The molecular weight excluding hydrogens is 361 g/mol. The Kier molecular flexibility index (Phi) is 6.44. The molecule has 0 saturated heterocycles. The van der Waals surface area contributed by atoms with Crippen LogP contribution in [0.1, 0.15) is 21.5 Å². The van der Waals surface area contributed by atoms with Gasteiger partial charge in [0.25, 0.3) is 11.8 Å². The monoisotopic (exact) mass is 380 g/mol. The molecule has 0 spiro atoms. The second-order valence-electron chi connectivity index (χ2n) is 5.88. The molecule has 2 rings (SSSR count). The van der Waals surface area contributed by atoms with E-state index in [9.17, 15) is 22.8 Å². The Morgan fingerprint density at radius 1 is 1.04 bits per heavy atom. The van der Waals surface area contributed by atoms with Gasteiger partial charge in [-0.05, 0) is 43.2 Å². The van der Waals surface area contributed by atoms with Crippen LogP contribution < -0.4 is 15.4 Å². The molecule has 0 aliphatic heterocycles. The molecule has 0 aliphatic carbocycles. The maximum Gasteiger partial charge on any atom is 0.405 e. The second-order valence-corrected chi connectivity index (χ2v) is 5.88. The molecule has 0 aromatic heterocycles. The van der Waals surface area contributed by atoms with Gasteiger partial charge in [0.1, 0.15) is 12.3 Å². The van der Waals surface area contributed by atoms with Gasteiger partial charge in [0, 0.05) is 0 Å². The quantitative estimate of drug-likeness (QED) is 0.805. The van der Waals surface area contributed by atoms with Crippen molar-refractivity contribution < 1.29 is 27.5 Å². The number of para-hydroxylation sites is 1. The van der Waals surface area contributed by atoms with E-state index in [0.717, 1.165) is 11.1 Å². The van der Waals surface area contributed by atoms with Crippen LogP contribution >= 0.6 is 0 Å². The zero-order valence-electron chi connectivity index (χ0n) is 14.8. The molecular formula is C19H19F3N2O3. The van der Waals surface area contributed by atoms with Crippen molar-refractivity contribution in [3.05, 3.63) is 59.2 Å². The minimum atomic E-state index is -4.52. The molecule has 144 valence electrons. The molecule has 0 bridgehead atoms. The number of hydrogen-bond donors (Lipinski definition) is 2. The first kappa shape index (κ1) is 20.3. The number of carbonyl (C=O) groups excluding carboxylic acids is 2. The predicted octanol–water partition coefficient (Wildman–Crippen LogP) is 3.61. The maximum atomic E-state index is 12.3. The van der Waals surface area contributed by atoms with E-state index in [1.54, 1.807) is 23.5 Å². The fraction of sp³-hybridized carbons (Fsp3) is 0.263. The van der Waals surface area contributed by atoms with E-state index < -0.39 is 24.5 Å². The molecule has 0 aliphatic rings. The number of rotatable bonds is 6. The van der Waals surface area contributed by atoms with Crippen molar-refractivity contribution in [3.63, 3.8) is 0 Å². The van der Waals surface area contributed by atoms with Crippen LogP contribution in [0.25, 0.3) is 0 Å². The van der Waals surface area contributed by atoms with Crippen molar-refractivity contribution in [1.82, 2.24) is 5.32 Å². The molecule has 8 heteroatoms. The molecule has 0 radical (unpaired) electrons. The molecule has 27 heavy (non-hydrogen) atoms. The first-order valence-corrected chi connectivity index (χ1v) is 8.10. The summed E-state index contributed by atoms with van der Waals surface area (Å²) in [5, 5.41) is 4.26. The lowest BCUT2D eigenvalue weighted by molar-refractivity contribution is -0.123. The summed E-state index contributed by atoms with van der Waals surface area (Å²) in [5.41, 5.74) is 1.95. The number of hydrogen-bond acceptors (Lipinski definition) is 3. The van der Waals surface area contributed by atoms with Crippen molar-refractivity contribution in [2.45, 2.75) is 20.0 Å². The third-order valence-electron chi connectivity index (χ3n) is 3.81. The average Bonchev–Trinajstić information content (AvgIpc) is 2.61. The van der Waals surface area contributed by atoms with Crippen molar-refractivity contribution in [3.8, 4) is 5.75 Å². The lowest BCUT2D eigenvalue weighted by Crippen LogP contribution is -2.34. The highest BCUT2D eigenvalue weighted by atomic mass is 19.4. The first-order chi connectivity index (χ1) is 12.7. The van der Waals surface area contributed by atoms with Crippen LogP contribution in [0.5, 0.6) is 5.75 Å². The van der Waals surface area contributed by atoms with Crippen molar-refractivity contribution in [2.24, 2.45) is 0 Å². The summed E-state index contributed by atoms with van der Waals surface area (Å²) in [5.74, 6) is -0.910. The van der Waals surface area contributed by atoms with Gasteiger partial charge in [-0.2, -0.15) is 13.2 Å². The molecule has 0 saturated carbocycles. The molecule has 2 aromatic rings. The lowest BCUT2D eigenvalue weighted by atomic mass is 10.1. The zero-order chi connectivity index (χ0) is 20.0. The van der Waals surface area contributed by atoms with Crippen molar-refractivity contribution in [1.29, 1.82) is 0 Å². The number of aryl methyl sites for hydroxylation is 1. The van der Waals surface area contributed by atoms with Gasteiger partial charge in [-0.15, -0.1) is 0 Å². The van der Waals surface area contributed by atoms with Gasteiger partial charge in [0.2, 0.25) is 0 Å². The van der Waals surface area contributed by atoms with Crippen LogP contribution in [-0.4, -0.2) is 31.1 Å². The largest absolute Gasteiger partial charge is 0.483 e. The summed E-state index contributed by atoms with van der Waals surface area (Å²) in [6, 6.07) is 11.2. The first-order valence-electron chi connectivity index (χ1n) is 8.10. The molecule has 0 heterocycles.